The van der Waals surface area contributed by atoms with Crippen molar-refractivity contribution in [3.63, 3.8) is 0 Å². The number of hydrogen-bond donors (Lipinski definition) is 2. The van der Waals surface area contributed by atoms with E-state index in [1.54, 1.807) is 0 Å². The van der Waals surface area contributed by atoms with Crippen LogP contribution in [0.15, 0.2) is 30.3 Å². The van der Waals surface area contributed by atoms with Gasteiger partial charge in [0.25, 0.3) is 0 Å². The number of rotatable bonds is 4. The van der Waals surface area contributed by atoms with E-state index < -0.39 is 6.10 Å². The Morgan fingerprint density at radius 1 is 1.12 bits per heavy atom. The summed E-state index contributed by atoms with van der Waals surface area (Å²) in [6.45, 7) is 3.16. The minimum atomic E-state index is -0.550. The molecule has 0 aliphatic carbocycles. The molecule has 6 heteroatoms. The van der Waals surface area contributed by atoms with Crippen molar-refractivity contribution >= 4 is 11.8 Å². The standard InChI is InChI=1S/C20H29N3O3/c1-22-10-9-18(24)17(14-22)20(26)23-11-7-16(8-12-23)19(25)21-13-15-5-3-2-4-6-15/h2-6,16-18,24H,7-14H2,1H3,(H,21,25)/t17-,18+/m1/s1. The molecule has 1 aromatic carbocycles. The number of piperidine rings is 2. The summed E-state index contributed by atoms with van der Waals surface area (Å²) in [5.74, 6) is -0.274. The summed E-state index contributed by atoms with van der Waals surface area (Å²) in [7, 11) is 1.98. The molecule has 2 aliphatic heterocycles. The van der Waals surface area contributed by atoms with Gasteiger partial charge in [0.05, 0.1) is 12.0 Å². The van der Waals surface area contributed by atoms with E-state index in [4.69, 9.17) is 0 Å². The molecule has 2 amide bonds. The molecule has 2 atom stereocenters. The minimum absolute atomic E-state index is 0.0344. The van der Waals surface area contributed by atoms with Gasteiger partial charge < -0.3 is 20.2 Å². The lowest BCUT2D eigenvalue weighted by molar-refractivity contribution is -0.145. The van der Waals surface area contributed by atoms with Crippen molar-refractivity contribution in [1.82, 2.24) is 15.1 Å². The number of carbonyl (C=O) groups is 2. The second-order valence-electron chi connectivity index (χ2n) is 7.53. The fraction of sp³-hybridized carbons (Fsp3) is 0.600. The van der Waals surface area contributed by atoms with Gasteiger partial charge in [0.1, 0.15) is 0 Å². The van der Waals surface area contributed by atoms with Crippen LogP contribution >= 0.6 is 0 Å². The zero-order valence-electron chi connectivity index (χ0n) is 15.4. The average molecular weight is 359 g/mol. The molecule has 0 spiro atoms. The van der Waals surface area contributed by atoms with Crippen LogP contribution in [0.25, 0.3) is 0 Å². The molecular weight excluding hydrogens is 330 g/mol. The molecule has 2 N–H and O–H groups in total. The van der Waals surface area contributed by atoms with Gasteiger partial charge in [0.2, 0.25) is 11.8 Å². The summed E-state index contributed by atoms with van der Waals surface area (Å²) in [5.41, 5.74) is 1.09. The molecule has 2 fully saturated rings. The van der Waals surface area contributed by atoms with Crippen LogP contribution in [-0.4, -0.2) is 66.1 Å². The van der Waals surface area contributed by atoms with Crippen LogP contribution in [0.5, 0.6) is 0 Å². The number of benzene rings is 1. The Hall–Kier alpha value is -1.92. The molecule has 0 unspecified atom stereocenters. The van der Waals surface area contributed by atoms with Crippen molar-refractivity contribution in [2.75, 3.05) is 33.2 Å². The topological polar surface area (TPSA) is 72.9 Å². The highest BCUT2D eigenvalue weighted by Crippen LogP contribution is 2.23. The van der Waals surface area contributed by atoms with Gasteiger partial charge in [0.15, 0.2) is 0 Å². The van der Waals surface area contributed by atoms with E-state index in [1.807, 2.05) is 42.3 Å². The Kier molecular flexibility index (Phi) is 6.27. The van der Waals surface area contributed by atoms with Gasteiger partial charge in [-0.15, -0.1) is 0 Å². The van der Waals surface area contributed by atoms with Gasteiger partial charge in [-0.2, -0.15) is 0 Å². The van der Waals surface area contributed by atoms with Crippen LogP contribution in [0.4, 0.5) is 0 Å². The quantitative estimate of drug-likeness (QED) is 0.836. The molecule has 6 nitrogen and oxygen atoms in total. The van der Waals surface area contributed by atoms with Crippen molar-refractivity contribution in [2.45, 2.75) is 31.9 Å². The van der Waals surface area contributed by atoms with E-state index in [2.05, 4.69) is 10.2 Å². The van der Waals surface area contributed by atoms with Gasteiger partial charge in [-0.1, -0.05) is 30.3 Å². The van der Waals surface area contributed by atoms with Crippen LogP contribution in [0.1, 0.15) is 24.8 Å². The van der Waals surface area contributed by atoms with E-state index in [-0.39, 0.29) is 23.7 Å². The molecule has 0 radical (unpaired) electrons. The molecule has 2 heterocycles. The van der Waals surface area contributed by atoms with Gasteiger partial charge in [0, 0.05) is 38.6 Å². The predicted octanol–water partition coefficient (Wildman–Crippen LogP) is 0.854. The zero-order chi connectivity index (χ0) is 18.5. The first-order chi connectivity index (χ1) is 12.5. The largest absolute Gasteiger partial charge is 0.392 e. The number of hydrogen-bond acceptors (Lipinski definition) is 4. The molecule has 142 valence electrons. The maximum Gasteiger partial charge on any atom is 0.229 e. The van der Waals surface area contributed by atoms with Crippen molar-refractivity contribution in [3.05, 3.63) is 35.9 Å². The first-order valence-corrected chi connectivity index (χ1v) is 9.51. The monoisotopic (exact) mass is 359 g/mol. The maximum absolute atomic E-state index is 12.7. The van der Waals surface area contributed by atoms with E-state index in [9.17, 15) is 14.7 Å². The van der Waals surface area contributed by atoms with E-state index in [0.29, 0.717) is 45.4 Å². The summed E-state index contributed by atoms with van der Waals surface area (Å²) in [6, 6.07) is 9.87. The van der Waals surface area contributed by atoms with Crippen molar-refractivity contribution in [3.8, 4) is 0 Å². The summed E-state index contributed by atoms with van der Waals surface area (Å²) >= 11 is 0. The molecule has 3 rings (SSSR count). The number of nitrogens with zero attached hydrogens (tertiary/aromatic N) is 2. The zero-order valence-corrected chi connectivity index (χ0v) is 15.4. The van der Waals surface area contributed by atoms with Crippen LogP contribution in [0.3, 0.4) is 0 Å². The Morgan fingerprint density at radius 3 is 2.50 bits per heavy atom. The first-order valence-electron chi connectivity index (χ1n) is 9.51. The van der Waals surface area contributed by atoms with Gasteiger partial charge >= 0.3 is 0 Å². The highest BCUT2D eigenvalue weighted by Gasteiger charge is 2.36. The van der Waals surface area contributed by atoms with Crippen LogP contribution < -0.4 is 5.32 Å². The fourth-order valence-corrected chi connectivity index (χ4v) is 3.87. The molecular formula is C20H29N3O3. The molecule has 0 bridgehead atoms. The third-order valence-electron chi connectivity index (χ3n) is 5.58. The molecule has 2 saturated heterocycles. The van der Waals surface area contributed by atoms with Gasteiger partial charge in [-0.25, -0.2) is 0 Å². The van der Waals surface area contributed by atoms with Crippen LogP contribution in [0.2, 0.25) is 0 Å². The molecule has 0 saturated carbocycles. The molecule has 0 aromatic heterocycles. The third-order valence-corrected chi connectivity index (χ3v) is 5.58. The number of carbonyl (C=O) groups excluding carboxylic acids is 2. The number of nitrogens with one attached hydrogen (secondary N) is 1. The van der Waals surface area contributed by atoms with Gasteiger partial charge in [-0.3, -0.25) is 9.59 Å². The Bertz CT molecular complexity index is 614. The first kappa shape index (κ1) is 18.9. The average Bonchev–Trinajstić information content (AvgIpc) is 2.68. The smallest absolute Gasteiger partial charge is 0.229 e. The lowest BCUT2D eigenvalue weighted by atomic mass is 9.91. The van der Waals surface area contributed by atoms with Crippen molar-refractivity contribution in [1.29, 1.82) is 0 Å². The number of likely N-dealkylation sites (tertiary alicyclic amines) is 2. The summed E-state index contributed by atoms with van der Waals surface area (Å²) in [4.78, 5) is 29.0. The maximum atomic E-state index is 12.7. The van der Waals surface area contributed by atoms with E-state index in [1.165, 1.54) is 0 Å². The molecule has 26 heavy (non-hydrogen) atoms. The van der Waals surface area contributed by atoms with Gasteiger partial charge in [-0.05, 0) is 31.9 Å². The fourth-order valence-electron chi connectivity index (χ4n) is 3.87. The van der Waals surface area contributed by atoms with E-state index in [0.717, 1.165) is 12.1 Å². The Balaban J connectivity index is 1.46. The SMILES string of the molecule is CN1CC[C@H](O)[C@H](C(=O)N2CCC(C(=O)NCc3ccccc3)CC2)C1. The Morgan fingerprint density at radius 2 is 1.81 bits per heavy atom. The predicted molar refractivity (Wildman–Crippen MR) is 99.2 cm³/mol. The number of aliphatic hydroxyl groups is 1. The molecule has 2 aliphatic rings. The lowest BCUT2D eigenvalue weighted by Gasteiger charge is -2.38. The summed E-state index contributed by atoms with van der Waals surface area (Å²) < 4.78 is 0. The highest BCUT2D eigenvalue weighted by molar-refractivity contribution is 5.81. The second-order valence-corrected chi connectivity index (χ2v) is 7.53. The number of aliphatic hydroxyl groups excluding tert-OH is 1. The minimum Gasteiger partial charge on any atom is -0.392 e. The van der Waals surface area contributed by atoms with Crippen LogP contribution in [0, 0.1) is 11.8 Å². The van der Waals surface area contributed by atoms with Crippen molar-refractivity contribution in [2.24, 2.45) is 11.8 Å². The number of amides is 2. The summed E-state index contributed by atoms with van der Waals surface area (Å²) in [5, 5.41) is 13.2. The van der Waals surface area contributed by atoms with Crippen LogP contribution in [-0.2, 0) is 16.1 Å². The molecule has 1 aromatic rings. The normalized spacial score (nSPS) is 25.1. The second kappa shape index (κ2) is 8.64. The van der Waals surface area contributed by atoms with Crippen molar-refractivity contribution < 1.29 is 14.7 Å². The summed E-state index contributed by atoms with van der Waals surface area (Å²) in [6.07, 6.45) is 1.46. The Labute approximate surface area is 155 Å². The lowest BCUT2D eigenvalue weighted by Crippen LogP contribution is -2.52. The third kappa shape index (κ3) is 4.62. The highest BCUT2D eigenvalue weighted by atomic mass is 16.3. The van der Waals surface area contributed by atoms with E-state index >= 15 is 0 Å².